The first-order valence-corrected chi connectivity index (χ1v) is 11.4. The standard InChI is InChI=1S/C30H28N2O2/c31-19-24-11-13-27(14-12-24)28-15-17-30(18-16-28)34-23-29(33)22-32(20-25-7-3-1-4-8-25)21-26-9-5-2-6-10-26/h1-18,29,33H,20-23H2. The van der Waals surface area contributed by atoms with Crippen LogP contribution in [0.4, 0.5) is 0 Å². The Morgan fingerprint density at radius 2 is 1.21 bits per heavy atom. The molecule has 0 amide bonds. The van der Waals surface area contributed by atoms with Gasteiger partial charge in [0, 0.05) is 19.6 Å². The SMILES string of the molecule is N#Cc1ccc(-c2ccc(OCC(O)CN(Cc3ccccc3)Cc3ccccc3)cc2)cc1. The lowest BCUT2D eigenvalue weighted by Crippen LogP contribution is -2.35. The van der Waals surface area contributed by atoms with Gasteiger partial charge < -0.3 is 9.84 Å². The molecule has 1 atom stereocenters. The third-order valence-corrected chi connectivity index (χ3v) is 5.61. The van der Waals surface area contributed by atoms with Gasteiger partial charge in [0.05, 0.1) is 11.6 Å². The summed E-state index contributed by atoms with van der Waals surface area (Å²) in [5.41, 5.74) is 5.17. The third kappa shape index (κ3) is 6.79. The molecule has 0 spiro atoms. The van der Waals surface area contributed by atoms with E-state index < -0.39 is 6.10 Å². The predicted octanol–water partition coefficient (Wildman–Crippen LogP) is 5.67. The van der Waals surface area contributed by atoms with Crippen LogP contribution < -0.4 is 4.74 Å². The highest BCUT2D eigenvalue weighted by atomic mass is 16.5. The highest BCUT2D eigenvalue weighted by molar-refractivity contribution is 5.64. The molecule has 4 nitrogen and oxygen atoms in total. The molecule has 34 heavy (non-hydrogen) atoms. The van der Waals surface area contributed by atoms with E-state index in [4.69, 9.17) is 10.00 Å². The Morgan fingerprint density at radius 1 is 0.706 bits per heavy atom. The van der Waals surface area contributed by atoms with E-state index in [1.807, 2.05) is 84.9 Å². The molecule has 0 saturated carbocycles. The lowest BCUT2D eigenvalue weighted by atomic mass is 10.0. The fourth-order valence-electron chi connectivity index (χ4n) is 3.89. The molecule has 4 aromatic carbocycles. The van der Waals surface area contributed by atoms with Gasteiger partial charge in [-0.15, -0.1) is 0 Å². The highest BCUT2D eigenvalue weighted by Gasteiger charge is 2.14. The van der Waals surface area contributed by atoms with Gasteiger partial charge in [0.2, 0.25) is 0 Å². The van der Waals surface area contributed by atoms with Gasteiger partial charge in [-0.1, -0.05) is 84.9 Å². The summed E-state index contributed by atoms with van der Waals surface area (Å²) in [5, 5.41) is 19.7. The molecule has 0 radical (unpaired) electrons. The zero-order valence-corrected chi connectivity index (χ0v) is 19.0. The third-order valence-electron chi connectivity index (χ3n) is 5.61. The first-order chi connectivity index (χ1) is 16.7. The summed E-state index contributed by atoms with van der Waals surface area (Å²) in [6, 6.07) is 38.0. The van der Waals surface area contributed by atoms with Crippen molar-refractivity contribution in [1.29, 1.82) is 5.26 Å². The number of rotatable bonds is 10. The van der Waals surface area contributed by atoms with Crippen molar-refractivity contribution in [3.63, 3.8) is 0 Å². The summed E-state index contributed by atoms with van der Waals surface area (Å²) >= 11 is 0. The molecular formula is C30H28N2O2. The van der Waals surface area contributed by atoms with Crippen LogP contribution in [-0.4, -0.2) is 29.3 Å². The Bertz CT molecular complexity index is 1140. The number of benzene rings is 4. The molecule has 0 aliphatic heterocycles. The molecule has 0 saturated heterocycles. The van der Waals surface area contributed by atoms with Gasteiger partial charge in [-0.3, -0.25) is 4.90 Å². The molecule has 0 fully saturated rings. The van der Waals surface area contributed by atoms with Gasteiger partial charge in [0.15, 0.2) is 0 Å². The summed E-state index contributed by atoms with van der Waals surface area (Å²) in [5.74, 6) is 0.717. The minimum atomic E-state index is -0.620. The molecule has 0 aliphatic carbocycles. The van der Waals surface area contributed by atoms with Crippen molar-refractivity contribution >= 4 is 0 Å². The number of hydrogen-bond donors (Lipinski definition) is 1. The van der Waals surface area contributed by atoms with Crippen LogP contribution in [0.5, 0.6) is 5.75 Å². The first kappa shape index (κ1) is 23.3. The highest BCUT2D eigenvalue weighted by Crippen LogP contribution is 2.23. The zero-order valence-electron chi connectivity index (χ0n) is 19.0. The quantitative estimate of drug-likeness (QED) is 0.340. The van der Waals surface area contributed by atoms with E-state index in [1.54, 1.807) is 0 Å². The van der Waals surface area contributed by atoms with Crippen LogP contribution in [0.1, 0.15) is 16.7 Å². The second-order valence-electron chi connectivity index (χ2n) is 8.32. The van der Waals surface area contributed by atoms with Crippen molar-refractivity contribution in [3.05, 3.63) is 126 Å². The summed E-state index contributed by atoms with van der Waals surface area (Å²) in [6.45, 7) is 2.24. The van der Waals surface area contributed by atoms with Crippen molar-refractivity contribution < 1.29 is 9.84 Å². The Morgan fingerprint density at radius 3 is 1.71 bits per heavy atom. The maximum absolute atomic E-state index is 10.7. The van der Waals surface area contributed by atoms with Crippen molar-refractivity contribution in [2.45, 2.75) is 19.2 Å². The number of ether oxygens (including phenoxy) is 1. The van der Waals surface area contributed by atoms with Crippen LogP contribution in [0.3, 0.4) is 0 Å². The average molecular weight is 449 g/mol. The van der Waals surface area contributed by atoms with Crippen molar-refractivity contribution in [3.8, 4) is 22.9 Å². The second kappa shape index (κ2) is 11.8. The fraction of sp³-hybridized carbons (Fsp3) is 0.167. The summed E-state index contributed by atoms with van der Waals surface area (Å²) in [6.07, 6.45) is -0.620. The van der Waals surface area contributed by atoms with Gasteiger partial charge in [-0.05, 0) is 46.5 Å². The Labute approximate surface area is 201 Å². The molecule has 0 aromatic heterocycles. The summed E-state index contributed by atoms with van der Waals surface area (Å²) in [7, 11) is 0. The number of aliphatic hydroxyl groups excluding tert-OH is 1. The van der Waals surface area contributed by atoms with E-state index in [0.717, 1.165) is 24.2 Å². The van der Waals surface area contributed by atoms with Gasteiger partial charge in [0.1, 0.15) is 18.5 Å². The first-order valence-electron chi connectivity index (χ1n) is 11.4. The molecular weight excluding hydrogens is 420 g/mol. The monoisotopic (exact) mass is 448 g/mol. The predicted molar refractivity (Wildman–Crippen MR) is 135 cm³/mol. The average Bonchev–Trinajstić information content (AvgIpc) is 2.89. The molecule has 4 heteroatoms. The molecule has 4 aromatic rings. The zero-order chi connectivity index (χ0) is 23.6. The molecule has 0 heterocycles. The molecule has 1 N–H and O–H groups in total. The van der Waals surface area contributed by atoms with Gasteiger partial charge in [0.25, 0.3) is 0 Å². The summed E-state index contributed by atoms with van der Waals surface area (Å²) < 4.78 is 5.88. The molecule has 1 unspecified atom stereocenters. The normalized spacial score (nSPS) is 11.7. The van der Waals surface area contributed by atoms with Gasteiger partial charge in [-0.2, -0.15) is 5.26 Å². The van der Waals surface area contributed by atoms with Crippen molar-refractivity contribution in [2.75, 3.05) is 13.2 Å². The molecule has 170 valence electrons. The van der Waals surface area contributed by atoms with Crippen LogP contribution in [0.2, 0.25) is 0 Å². The Kier molecular flexibility index (Phi) is 8.08. The molecule has 0 bridgehead atoms. The topological polar surface area (TPSA) is 56.5 Å². The molecule has 4 rings (SSSR count). The lowest BCUT2D eigenvalue weighted by Gasteiger charge is -2.25. The minimum absolute atomic E-state index is 0.219. The van der Waals surface area contributed by atoms with Gasteiger partial charge >= 0.3 is 0 Å². The Balaban J connectivity index is 1.34. The number of hydrogen-bond acceptors (Lipinski definition) is 4. The van der Waals surface area contributed by atoms with Crippen molar-refractivity contribution in [1.82, 2.24) is 4.90 Å². The minimum Gasteiger partial charge on any atom is -0.491 e. The number of aliphatic hydroxyl groups is 1. The summed E-state index contributed by atoms with van der Waals surface area (Å²) in [4.78, 5) is 2.24. The van der Waals surface area contributed by atoms with Crippen LogP contribution >= 0.6 is 0 Å². The van der Waals surface area contributed by atoms with Crippen molar-refractivity contribution in [2.24, 2.45) is 0 Å². The maximum atomic E-state index is 10.7. The Hall–Kier alpha value is -3.91. The van der Waals surface area contributed by atoms with Crippen LogP contribution in [0.15, 0.2) is 109 Å². The van der Waals surface area contributed by atoms with E-state index >= 15 is 0 Å². The van der Waals surface area contributed by atoms with E-state index in [2.05, 4.69) is 35.2 Å². The number of nitriles is 1. The smallest absolute Gasteiger partial charge is 0.119 e. The van der Waals surface area contributed by atoms with Crippen LogP contribution in [-0.2, 0) is 13.1 Å². The van der Waals surface area contributed by atoms with Crippen LogP contribution in [0, 0.1) is 11.3 Å². The van der Waals surface area contributed by atoms with E-state index in [1.165, 1.54) is 11.1 Å². The van der Waals surface area contributed by atoms with Crippen LogP contribution in [0.25, 0.3) is 11.1 Å². The maximum Gasteiger partial charge on any atom is 0.119 e. The second-order valence-corrected chi connectivity index (χ2v) is 8.32. The van der Waals surface area contributed by atoms with Gasteiger partial charge in [-0.25, -0.2) is 0 Å². The largest absolute Gasteiger partial charge is 0.491 e. The lowest BCUT2D eigenvalue weighted by molar-refractivity contribution is 0.0628. The molecule has 0 aliphatic rings. The fourth-order valence-corrected chi connectivity index (χ4v) is 3.89. The van der Waals surface area contributed by atoms with E-state index in [9.17, 15) is 5.11 Å². The number of nitrogens with zero attached hydrogens (tertiary/aromatic N) is 2. The van der Waals surface area contributed by atoms with E-state index in [0.29, 0.717) is 17.9 Å². The van der Waals surface area contributed by atoms with E-state index in [-0.39, 0.29) is 6.61 Å².